The van der Waals surface area contributed by atoms with E-state index in [-0.39, 0.29) is 5.54 Å². The molecule has 76 valence electrons. The number of hydrogen-bond donors (Lipinski definition) is 1. The lowest BCUT2D eigenvalue weighted by molar-refractivity contribution is 0.154. The van der Waals surface area contributed by atoms with E-state index in [1.54, 1.807) is 0 Å². The van der Waals surface area contributed by atoms with Gasteiger partial charge in [0.1, 0.15) is 0 Å². The van der Waals surface area contributed by atoms with E-state index in [0.29, 0.717) is 0 Å². The molecular formula is C11H22N2. The van der Waals surface area contributed by atoms with E-state index in [0.717, 1.165) is 19.6 Å². The highest BCUT2D eigenvalue weighted by atomic mass is 15.1. The first-order chi connectivity index (χ1) is 6.20. The third-order valence-electron chi connectivity index (χ3n) is 2.81. The SMILES string of the molecule is C=CCN(CCC)CC1(N)CCC1. The van der Waals surface area contributed by atoms with Crippen molar-refractivity contribution in [3.63, 3.8) is 0 Å². The fourth-order valence-electron chi connectivity index (χ4n) is 1.97. The van der Waals surface area contributed by atoms with E-state index in [4.69, 9.17) is 5.73 Å². The highest BCUT2D eigenvalue weighted by molar-refractivity contribution is 4.95. The first-order valence-electron chi connectivity index (χ1n) is 5.32. The van der Waals surface area contributed by atoms with Gasteiger partial charge in [-0.15, -0.1) is 6.58 Å². The molecule has 0 bridgehead atoms. The van der Waals surface area contributed by atoms with Crippen molar-refractivity contribution in [3.8, 4) is 0 Å². The Bertz CT molecular complexity index is 161. The van der Waals surface area contributed by atoms with Gasteiger partial charge in [-0.2, -0.15) is 0 Å². The van der Waals surface area contributed by atoms with Crippen LogP contribution in [0.25, 0.3) is 0 Å². The number of rotatable bonds is 6. The van der Waals surface area contributed by atoms with Crippen LogP contribution in [0.2, 0.25) is 0 Å². The second-order valence-electron chi connectivity index (χ2n) is 4.24. The van der Waals surface area contributed by atoms with Crippen LogP contribution < -0.4 is 5.73 Å². The maximum absolute atomic E-state index is 6.19. The van der Waals surface area contributed by atoms with Crippen LogP contribution in [-0.4, -0.2) is 30.1 Å². The summed E-state index contributed by atoms with van der Waals surface area (Å²) in [6.07, 6.45) is 6.88. The Balaban J connectivity index is 2.31. The molecule has 0 spiro atoms. The van der Waals surface area contributed by atoms with Crippen molar-refractivity contribution >= 4 is 0 Å². The Labute approximate surface area is 81.8 Å². The topological polar surface area (TPSA) is 29.3 Å². The molecule has 1 aliphatic carbocycles. The summed E-state index contributed by atoms with van der Waals surface area (Å²) >= 11 is 0. The lowest BCUT2D eigenvalue weighted by Crippen LogP contribution is -2.55. The molecule has 0 aromatic rings. The molecule has 0 unspecified atom stereocenters. The minimum atomic E-state index is 0.123. The highest BCUT2D eigenvalue weighted by Gasteiger charge is 2.33. The minimum absolute atomic E-state index is 0.123. The summed E-state index contributed by atoms with van der Waals surface area (Å²) in [6, 6.07) is 0. The van der Waals surface area contributed by atoms with Crippen molar-refractivity contribution in [2.75, 3.05) is 19.6 Å². The van der Waals surface area contributed by atoms with Gasteiger partial charge < -0.3 is 5.73 Å². The maximum Gasteiger partial charge on any atom is 0.0283 e. The fourth-order valence-corrected chi connectivity index (χ4v) is 1.97. The van der Waals surface area contributed by atoms with E-state index in [1.807, 2.05) is 6.08 Å². The molecule has 0 saturated heterocycles. The van der Waals surface area contributed by atoms with Gasteiger partial charge in [0, 0.05) is 18.6 Å². The van der Waals surface area contributed by atoms with Crippen LogP contribution in [0.3, 0.4) is 0 Å². The van der Waals surface area contributed by atoms with E-state index < -0.39 is 0 Å². The number of nitrogens with zero attached hydrogens (tertiary/aromatic N) is 1. The number of hydrogen-bond acceptors (Lipinski definition) is 2. The molecule has 2 nitrogen and oxygen atoms in total. The Kier molecular flexibility index (Phi) is 3.94. The van der Waals surface area contributed by atoms with Crippen molar-refractivity contribution in [2.45, 2.75) is 38.1 Å². The zero-order valence-corrected chi connectivity index (χ0v) is 8.76. The quantitative estimate of drug-likeness (QED) is 0.634. The lowest BCUT2D eigenvalue weighted by Gasteiger charge is -2.41. The Morgan fingerprint density at radius 2 is 2.23 bits per heavy atom. The molecule has 0 aromatic heterocycles. The van der Waals surface area contributed by atoms with E-state index in [9.17, 15) is 0 Å². The van der Waals surface area contributed by atoms with Gasteiger partial charge in [0.05, 0.1) is 0 Å². The Morgan fingerprint density at radius 1 is 1.54 bits per heavy atom. The summed E-state index contributed by atoms with van der Waals surface area (Å²) in [5, 5.41) is 0. The molecule has 13 heavy (non-hydrogen) atoms. The van der Waals surface area contributed by atoms with Gasteiger partial charge in [-0.1, -0.05) is 13.0 Å². The molecule has 0 radical (unpaired) electrons. The first-order valence-corrected chi connectivity index (χ1v) is 5.32. The van der Waals surface area contributed by atoms with Crippen LogP contribution in [0.5, 0.6) is 0 Å². The minimum Gasteiger partial charge on any atom is -0.324 e. The van der Waals surface area contributed by atoms with Crippen molar-refractivity contribution in [2.24, 2.45) is 5.73 Å². The second kappa shape index (κ2) is 4.77. The van der Waals surface area contributed by atoms with Crippen molar-refractivity contribution in [1.82, 2.24) is 4.90 Å². The summed E-state index contributed by atoms with van der Waals surface area (Å²) in [5.74, 6) is 0. The average molecular weight is 182 g/mol. The van der Waals surface area contributed by atoms with Crippen LogP contribution in [0.1, 0.15) is 32.6 Å². The third kappa shape index (κ3) is 3.12. The molecule has 2 N–H and O–H groups in total. The summed E-state index contributed by atoms with van der Waals surface area (Å²) in [5.41, 5.74) is 6.31. The summed E-state index contributed by atoms with van der Waals surface area (Å²) in [7, 11) is 0. The van der Waals surface area contributed by atoms with Gasteiger partial charge in [0.15, 0.2) is 0 Å². The lowest BCUT2D eigenvalue weighted by atomic mass is 9.77. The smallest absolute Gasteiger partial charge is 0.0283 e. The van der Waals surface area contributed by atoms with Crippen LogP contribution in [0.15, 0.2) is 12.7 Å². The molecule has 2 heteroatoms. The van der Waals surface area contributed by atoms with Crippen LogP contribution in [-0.2, 0) is 0 Å². The summed E-state index contributed by atoms with van der Waals surface area (Å²) in [6.45, 7) is 9.15. The fraction of sp³-hybridized carbons (Fsp3) is 0.818. The zero-order valence-electron chi connectivity index (χ0n) is 8.76. The van der Waals surface area contributed by atoms with Gasteiger partial charge in [0.25, 0.3) is 0 Å². The molecule has 0 atom stereocenters. The molecule has 1 rings (SSSR count). The van der Waals surface area contributed by atoms with Gasteiger partial charge in [-0.05, 0) is 32.2 Å². The maximum atomic E-state index is 6.19. The monoisotopic (exact) mass is 182 g/mol. The molecule has 0 aromatic carbocycles. The zero-order chi connectivity index (χ0) is 9.73. The third-order valence-corrected chi connectivity index (χ3v) is 2.81. The molecule has 0 aliphatic heterocycles. The summed E-state index contributed by atoms with van der Waals surface area (Å²) in [4.78, 5) is 2.41. The van der Waals surface area contributed by atoms with E-state index >= 15 is 0 Å². The Hall–Kier alpha value is -0.340. The molecule has 1 aliphatic rings. The van der Waals surface area contributed by atoms with Crippen LogP contribution in [0, 0.1) is 0 Å². The van der Waals surface area contributed by atoms with Crippen molar-refractivity contribution in [3.05, 3.63) is 12.7 Å². The predicted molar refractivity (Wildman–Crippen MR) is 57.7 cm³/mol. The highest BCUT2D eigenvalue weighted by Crippen LogP contribution is 2.29. The average Bonchev–Trinajstić information content (AvgIpc) is 2.02. The molecule has 1 fully saturated rings. The molecule has 0 heterocycles. The van der Waals surface area contributed by atoms with Gasteiger partial charge in [-0.25, -0.2) is 0 Å². The Morgan fingerprint density at radius 3 is 2.62 bits per heavy atom. The van der Waals surface area contributed by atoms with Crippen molar-refractivity contribution in [1.29, 1.82) is 0 Å². The van der Waals surface area contributed by atoms with Gasteiger partial charge in [-0.3, -0.25) is 4.90 Å². The first kappa shape index (κ1) is 10.7. The summed E-state index contributed by atoms with van der Waals surface area (Å²) < 4.78 is 0. The molecule has 0 amide bonds. The van der Waals surface area contributed by atoms with Gasteiger partial charge in [0.2, 0.25) is 0 Å². The van der Waals surface area contributed by atoms with Crippen molar-refractivity contribution < 1.29 is 0 Å². The largest absolute Gasteiger partial charge is 0.324 e. The normalized spacial score (nSPS) is 19.9. The standard InChI is InChI=1S/C11H22N2/c1-3-8-13(9-4-2)10-11(12)6-5-7-11/h3H,1,4-10,12H2,2H3. The number of nitrogens with two attached hydrogens (primary N) is 1. The molecular weight excluding hydrogens is 160 g/mol. The molecule has 1 saturated carbocycles. The van der Waals surface area contributed by atoms with Crippen LogP contribution in [0.4, 0.5) is 0 Å². The second-order valence-corrected chi connectivity index (χ2v) is 4.24. The van der Waals surface area contributed by atoms with E-state index in [2.05, 4.69) is 18.4 Å². The van der Waals surface area contributed by atoms with Gasteiger partial charge >= 0.3 is 0 Å². The predicted octanol–water partition coefficient (Wildman–Crippen LogP) is 1.77. The van der Waals surface area contributed by atoms with Crippen LogP contribution >= 0.6 is 0 Å². The van der Waals surface area contributed by atoms with E-state index in [1.165, 1.54) is 25.7 Å².